The minimum atomic E-state index is -0.817. The number of hydrogen-bond donors (Lipinski definition) is 0. The molecular formula is C15H11BrClNO4. The van der Waals surface area contributed by atoms with E-state index in [9.17, 15) is 14.9 Å². The second kappa shape index (κ2) is 6.46. The number of carbonyl (C=O) groups excluding carboxylic acids is 1. The van der Waals surface area contributed by atoms with Crippen LogP contribution in [0.4, 0.5) is 5.69 Å². The van der Waals surface area contributed by atoms with Crippen molar-refractivity contribution >= 4 is 39.2 Å². The van der Waals surface area contributed by atoms with Crippen LogP contribution in [0.1, 0.15) is 21.5 Å². The Kier molecular flexibility index (Phi) is 4.83. The number of carbonyl (C=O) groups is 1. The minimum Gasteiger partial charge on any atom is -0.421 e. The first-order valence-corrected chi connectivity index (χ1v) is 7.40. The van der Waals surface area contributed by atoms with Gasteiger partial charge in [-0.2, -0.15) is 0 Å². The Morgan fingerprint density at radius 2 is 1.95 bits per heavy atom. The Bertz CT molecular complexity index is 753. The quantitative estimate of drug-likeness (QED) is 0.328. The van der Waals surface area contributed by atoms with Crippen LogP contribution in [0.2, 0.25) is 5.02 Å². The van der Waals surface area contributed by atoms with Gasteiger partial charge in [-0.15, -0.1) is 0 Å². The molecule has 0 spiro atoms. The van der Waals surface area contributed by atoms with Gasteiger partial charge in [0.05, 0.1) is 9.95 Å². The number of nitro benzene ring substituents is 1. The number of para-hydroxylation sites is 1. The first kappa shape index (κ1) is 16.5. The molecule has 0 aliphatic rings. The van der Waals surface area contributed by atoms with Crippen LogP contribution >= 0.6 is 27.5 Å². The van der Waals surface area contributed by atoms with Crippen molar-refractivity contribution in [2.75, 3.05) is 0 Å². The largest absolute Gasteiger partial charge is 0.421 e. The molecule has 7 heteroatoms. The molecule has 0 unspecified atom stereocenters. The van der Waals surface area contributed by atoms with Gasteiger partial charge in [-0.05, 0) is 37.6 Å². The Labute approximate surface area is 140 Å². The maximum absolute atomic E-state index is 12.3. The number of halogens is 2. The fourth-order valence-corrected chi connectivity index (χ4v) is 3.04. The molecule has 0 saturated heterocycles. The van der Waals surface area contributed by atoms with E-state index in [0.29, 0.717) is 11.1 Å². The summed E-state index contributed by atoms with van der Waals surface area (Å²) in [6, 6.07) is 7.80. The standard InChI is InChI=1S/C15H11BrClNO4/c1-8-4-3-5-11(13(8)18(20)21)15(19)22-14-9(2)6-10(16)7-12(14)17/h3-7H,1-2H3. The first-order valence-electron chi connectivity index (χ1n) is 6.23. The topological polar surface area (TPSA) is 69.4 Å². The smallest absolute Gasteiger partial charge is 0.350 e. The average Bonchev–Trinajstić information content (AvgIpc) is 2.41. The number of ether oxygens (including phenoxy) is 1. The van der Waals surface area contributed by atoms with Crippen LogP contribution in [0.5, 0.6) is 5.75 Å². The number of hydrogen-bond acceptors (Lipinski definition) is 4. The van der Waals surface area contributed by atoms with Crippen molar-refractivity contribution in [1.29, 1.82) is 0 Å². The Hall–Kier alpha value is -1.92. The molecule has 0 atom stereocenters. The zero-order chi connectivity index (χ0) is 16.4. The summed E-state index contributed by atoms with van der Waals surface area (Å²) in [7, 11) is 0. The second-order valence-corrected chi connectivity index (χ2v) is 5.97. The number of aryl methyl sites for hydroxylation is 2. The Balaban J connectivity index is 2.43. The van der Waals surface area contributed by atoms with E-state index in [1.165, 1.54) is 6.07 Å². The van der Waals surface area contributed by atoms with Gasteiger partial charge in [0.15, 0.2) is 5.75 Å². The van der Waals surface area contributed by atoms with Gasteiger partial charge in [0.25, 0.3) is 5.69 Å². The zero-order valence-corrected chi connectivity index (χ0v) is 14.1. The SMILES string of the molecule is Cc1cc(Br)cc(Cl)c1OC(=O)c1cccc(C)c1[N+](=O)[O-]. The van der Waals surface area contributed by atoms with Crippen molar-refractivity contribution in [1.82, 2.24) is 0 Å². The molecule has 0 heterocycles. The molecule has 0 N–H and O–H groups in total. The third kappa shape index (κ3) is 3.28. The molecule has 0 aliphatic carbocycles. The highest BCUT2D eigenvalue weighted by molar-refractivity contribution is 9.10. The Morgan fingerprint density at radius 3 is 2.55 bits per heavy atom. The minimum absolute atomic E-state index is 0.108. The third-order valence-corrected chi connectivity index (χ3v) is 3.77. The average molecular weight is 385 g/mol. The van der Waals surface area contributed by atoms with E-state index in [4.69, 9.17) is 16.3 Å². The van der Waals surface area contributed by atoms with Gasteiger partial charge < -0.3 is 4.74 Å². The summed E-state index contributed by atoms with van der Waals surface area (Å²) in [4.78, 5) is 22.8. The summed E-state index contributed by atoms with van der Waals surface area (Å²) >= 11 is 9.34. The van der Waals surface area contributed by atoms with E-state index in [0.717, 1.165) is 4.47 Å². The molecule has 0 amide bonds. The lowest BCUT2D eigenvalue weighted by Gasteiger charge is -2.10. The molecule has 22 heavy (non-hydrogen) atoms. The Morgan fingerprint density at radius 1 is 1.27 bits per heavy atom. The van der Waals surface area contributed by atoms with Crippen LogP contribution in [-0.4, -0.2) is 10.9 Å². The van der Waals surface area contributed by atoms with Gasteiger partial charge in [-0.25, -0.2) is 4.79 Å². The summed E-state index contributed by atoms with van der Waals surface area (Å²) in [6.07, 6.45) is 0. The molecule has 0 saturated carbocycles. The van der Waals surface area contributed by atoms with Gasteiger partial charge in [0, 0.05) is 10.0 Å². The van der Waals surface area contributed by atoms with E-state index in [1.807, 2.05) is 0 Å². The number of esters is 1. The van der Waals surface area contributed by atoms with E-state index >= 15 is 0 Å². The first-order chi connectivity index (χ1) is 10.3. The highest BCUT2D eigenvalue weighted by Gasteiger charge is 2.25. The predicted octanol–water partition coefficient (Wildman–Crippen LogP) is 4.85. The van der Waals surface area contributed by atoms with Crippen molar-refractivity contribution in [3.8, 4) is 5.75 Å². The molecule has 0 fully saturated rings. The lowest BCUT2D eigenvalue weighted by Crippen LogP contribution is -2.12. The number of benzene rings is 2. The normalized spacial score (nSPS) is 10.4. The van der Waals surface area contributed by atoms with Gasteiger partial charge in [0.1, 0.15) is 5.56 Å². The van der Waals surface area contributed by atoms with Crippen LogP contribution < -0.4 is 4.74 Å². The van der Waals surface area contributed by atoms with Crippen LogP contribution in [0.3, 0.4) is 0 Å². The maximum atomic E-state index is 12.3. The monoisotopic (exact) mass is 383 g/mol. The number of nitrogens with zero attached hydrogens (tertiary/aromatic N) is 1. The lowest BCUT2D eigenvalue weighted by atomic mass is 10.1. The molecule has 5 nitrogen and oxygen atoms in total. The molecule has 2 aromatic carbocycles. The van der Waals surface area contributed by atoms with Gasteiger partial charge in [-0.3, -0.25) is 10.1 Å². The van der Waals surface area contributed by atoms with E-state index < -0.39 is 10.9 Å². The van der Waals surface area contributed by atoms with E-state index in [1.54, 1.807) is 38.1 Å². The number of nitro groups is 1. The summed E-state index contributed by atoms with van der Waals surface area (Å²) in [5.74, 6) is -0.631. The van der Waals surface area contributed by atoms with Crippen LogP contribution in [0.25, 0.3) is 0 Å². The van der Waals surface area contributed by atoms with Crippen LogP contribution in [-0.2, 0) is 0 Å². The molecule has 0 aromatic heterocycles. The summed E-state index contributed by atoms with van der Waals surface area (Å²) in [5, 5.41) is 11.4. The molecule has 114 valence electrons. The number of rotatable bonds is 3. The van der Waals surface area contributed by atoms with Gasteiger partial charge in [0.2, 0.25) is 0 Å². The van der Waals surface area contributed by atoms with Crippen molar-refractivity contribution in [2.45, 2.75) is 13.8 Å². The molecule has 2 rings (SSSR count). The molecule has 0 radical (unpaired) electrons. The van der Waals surface area contributed by atoms with Crippen LogP contribution in [0.15, 0.2) is 34.8 Å². The molecular weight excluding hydrogens is 374 g/mol. The maximum Gasteiger partial charge on any atom is 0.350 e. The van der Waals surface area contributed by atoms with Gasteiger partial charge in [-0.1, -0.05) is 39.7 Å². The molecule has 0 bridgehead atoms. The van der Waals surface area contributed by atoms with E-state index in [-0.39, 0.29) is 22.0 Å². The van der Waals surface area contributed by atoms with Crippen molar-refractivity contribution in [3.63, 3.8) is 0 Å². The van der Waals surface area contributed by atoms with Crippen molar-refractivity contribution in [2.24, 2.45) is 0 Å². The van der Waals surface area contributed by atoms with E-state index in [2.05, 4.69) is 15.9 Å². The van der Waals surface area contributed by atoms with Gasteiger partial charge >= 0.3 is 5.97 Å². The summed E-state index contributed by atoms with van der Waals surface area (Å²) < 4.78 is 6.01. The fourth-order valence-electron chi connectivity index (χ4n) is 2.03. The zero-order valence-electron chi connectivity index (χ0n) is 11.7. The second-order valence-electron chi connectivity index (χ2n) is 4.65. The lowest BCUT2D eigenvalue weighted by molar-refractivity contribution is -0.385. The fraction of sp³-hybridized carbons (Fsp3) is 0.133. The highest BCUT2D eigenvalue weighted by Crippen LogP contribution is 2.33. The summed E-state index contributed by atoms with van der Waals surface area (Å²) in [5.41, 5.74) is 0.655. The summed E-state index contributed by atoms with van der Waals surface area (Å²) in [6.45, 7) is 3.29. The van der Waals surface area contributed by atoms with Crippen molar-refractivity contribution in [3.05, 3.63) is 66.6 Å². The van der Waals surface area contributed by atoms with Crippen molar-refractivity contribution < 1.29 is 14.5 Å². The molecule has 0 aliphatic heterocycles. The molecule has 2 aromatic rings. The predicted molar refractivity (Wildman–Crippen MR) is 86.7 cm³/mol. The van der Waals surface area contributed by atoms with Crippen LogP contribution in [0, 0.1) is 24.0 Å². The highest BCUT2D eigenvalue weighted by atomic mass is 79.9. The third-order valence-electron chi connectivity index (χ3n) is 3.03.